The van der Waals surface area contributed by atoms with Crippen molar-refractivity contribution in [2.75, 3.05) is 20.6 Å². The number of benzene rings is 1. The van der Waals surface area contributed by atoms with E-state index in [1.165, 1.54) is 17.1 Å². The van der Waals surface area contributed by atoms with Gasteiger partial charge in [0.15, 0.2) is 5.96 Å². The molecule has 25 heavy (non-hydrogen) atoms. The minimum absolute atomic E-state index is 0. The maximum atomic E-state index is 12.4. The first-order chi connectivity index (χ1) is 11.4. The van der Waals surface area contributed by atoms with Gasteiger partial charge in [0.2, 0.25) is 10.0 Å². The molecule has 142 valence electrons. The summed E-state index contributed by atoms with van der Waals surface area (Å²) in [5.41, 5.74) is 0.704. The van der Waals surface area contributed by atoms with Crippen LogP contribution in [-0.2, 0) is 16.6 Å². The minimum atomic E-state index is -3.47. The molecule has 6 nitrogen and oxygen atoms in total. The van der Waals surface area contributed by atoms with Crippen molar-refractivity contribution in [1.29, 1.82) is 0 Å². The molecule has 1 saturated carbocycles. The fourth-order valence-corrected chi connectivity index (χ4v) is 3.94. The molecule has 2 N–H and O–H groups in total. The van der Waals surface area contributed by atoms with E-state index in [-0.39, 0.29) is 24.0 Å². The summed E-state index contributed by atoms with van der Waals surface area (Å²) in [6.07, 6.45) is 4.83. The number of nitrogens with one attached hydrogen (secondary N) is 2. The molecular formula is C17H29IN4O2S. The van der Waals surface area contributed by atoms with Gasteiger partial charge in [-0.25, -0.2) is 17.7 Å². The first-order valence-electron chi connectivity index (χ1n) is 8.50. The first-order valence-corrected chi connectivity index (χ1v) is 9.94. The molecule has 0 aliphatic heterocycles. The van der Waals surface area contributed by atoms with Gasteiger partial charge in [0.25, 0.3) is 0 Å². The lowest BCUT2D eigenvalue weighted by molar-refractivity contribution is 0.519. The predicted octanol–water partition coefficient (Wildman–Crippen LogP) is 2.55. The van der Waals surface area contributed by atoms with Crippen molar-refractivity contribution >= 4 is 40.0 Å². The zero-order valence-electron chi connectivity index (χ0n) is 15.2. The second-order valence-corrected chi connectivity index (χ2v) is 8.34. The second kappa shape index (κ2) is 10.3. The van der Waals surface area contributed by atoms with E-state index in [9.17, 15) is 8.42 Å². The lowest BCUT2D eigenvalue weighted by atomic mass is 10.2. The van der Waals surface area contributed by atoms with Crippen LogP contribution in [0.1, 0.15) is 38.2 Å². The Morgan fingerprint density at radius 2 is 1.88 bits per heavy atom. The number of nitrogens with zero attached hydrogens (tertiary/aromatic N) is 2. The summed E-state index contributed by atoms with van der Waals surface area (Å²) in [5, 5.41) is 6.69. The normalized spacial score (nSPS) is 15.9. The highest BCUT2D eigenvalue weighted by molar-refractivity contribution is 14.0. The summed E-state index contributed by atoms with van der Waals surface area (Å²) in [6.45, 7) is 3.12. The van der Waals surface area contributed by atoms with Gasteiger partial charge in [0.1, 0.15) is 0 Å². The molecule has 0 amide bonds. The standard InChI is InChI=1S/C17H28N4O2S.HI/c1-4-18-17(20-15-10-6-7-11-15)19-13-14-9-5-8-12-16(14)24(22,23)21(2)3;/h5,8-9,12,15H,4,6-7,10-11,13H2,1-3H3,(H2,18,19,20);1H. The smallest absolute Gasteiger partial charge is 0.242 e. The van der Waals surface area contributed by atoms with Gasteiger partial charge in [-0.2, -0.15) is 0 Å². The third kappa shape index (κ3) is 6.10. The summed E-state index contributed by atoms with van der Waals surface area (Å²) in [6, 6.07) is 7.50. The highest BCUT2D eigenvalue weighted by atomic mass is 127. The number of halogens is 1. The zero-order valence-corrected chi connectivity index (χ0v) is 18.3. The molecule has 0 unspecified atom stereocenters. The van der Waals surface area contributed by atoms with Gasteiger partial charge < -0.3 is 10.6 Å². The molecule has 8 heteroatoms. The van der Waals surface area contributed by atoms with Crippen LogP contribution in [0.2, 0.25) is 0 Å². The van der Waals surface area contributed by atoms with Gasteiger partial charge in [0, 0.05) is 26.7 Å². The van der Waals surface area contributed by atoms with E-state index in [2.05, 4.69) is 15.6 Å². The monoisotopic (exact) mass is 480 g/mol. The molecule has 2 rings (SSSR count). The molecule has 1 aliphatic carbocycles. The van der Waals surface area contributed by atoms with E-state index in [0.717, 1.165) is 25.3 Å². The van der Waals surface area contributed by atoms with Crippen LogP contribution in [0.3, 0.4) is 0 Å². The molecule has 0 bridgehead atoms. The maximum absolute atomic E-state index is 12.4. The summed E-state index contributed by atoms with van der Waals surface area (Å²) in [7, 11) is -0.381. The van der Waals surface area contributed by atoms with E-state index < -0.39 is 10.0 Å². The van der Waals surface area contributed by atoms with Crippen LogP contribution in [0.5, 0.6) is 0 Å². The molecule has 1 aromatic rings. The summed E-state index contributed by atoms with van der Waals surface area (Å²) < 4.78 is 26.1. The van der Waals surface area contributed by atoms with Crippen molar-refractivity contribution in [3.63, 3.8) is 0 Å². The number of rotatable bonds is 6. The summed E-state index contributed by atoms with van der Waals surface area (Å²) >= 11 is 0. The largest absolute Gasteiger partial charge is 0.357 e. The third-order valence-electron chi connectivity index (χ3n) is 4.18. The zero-order chi connectivity index (χ0) is 17.6. The number of aliphatic imine (C=N–C) groups is 1. The van der Waals surface area contributed by atoms with Crippen molar-refractivity contribution in [3.05, 3.63) is 29.8 Å². The Kier molecular flexibility index (Phi) is 9.15. The fourth-order valence-electron chi connectivity index (χ4n) is 2.83. The van der Waals surface area contributed by atoms with Crippen molar-refractivity contribution in [2.24, 2.45) is 4.99 Å². The number of hydrogen-bond donors (Lipinski definition) is 2. The minimum Gasteiger partial charge on any atom is -0.357 e. The molecule has 0 atom stereocenters. The Morgan fingerprint density at radius 3 is 2.48 bits per heavy atom. The number of hydrogen-bond acceptors (Lipinski definition) is 3. The molecule has 1 aromatic carbocycles. The third-order valence-corrected chi connectivity index (χ3v) is 6.09. The van der Waals surface area contributed by atoms with Crippen LogP contribution in [0.25, 0.3) is 0 Å². The molecule has 1 aliphatic rings. The van der Waals surface area contributed by atoms with Crippen molar-refractivity contribution < 1.29 is 8.42 Å². The first kappa shape index (κ1) is 22.2. The highest BCUT2D eigenvalue weighted by Gasteiger charge is 2.21. The second-order valence-electron chi connectivity index (χ2n) is 6.22. The van der Waals surface area contributed by atoms with Crippen molar-refractivity contribution in [3.8, 4) is 0 Å². The van der Waals surface area contributed by atoms with E-state index in [1.54, 1.807) is 26.2 Å². The lowest BCUT2D eigenvalue weighted by Gasteiger charge is -2.17. The van der Waals surface area contributed by atoms with Crippen LogP contribution in [0, 0.1) is 0 Å². The molecular weight excluding hydrogens is 451 g/mol. The Morgan fingerprint density at radius 1 is 1.24 bits per heavy atom. The number of sulfonamides is 1. The Bertz CT molecular complexity index is 671. The average molecular weight is 480 g/mol. The van der Waals surface area contributed by atoms with E-state index in [4.69, 9.17) is 0 Å². The fraction of sp³-hybridized carbons (Fsp3) is 0.588. The van der Waals surface area contributed by atoms with E-state index in [1.807, 2.05) is 19.1 Å². The van der Waals surface area contributed by atoms with E-state index in [0.29, 0.717) is 23.0 Å². The van der Waals surface area contributed by atoms with E-state index >= 15 is 0 Å². The van der Waals surface area contributed by atoms with Gasteiger partial charge in [-0.1, -0.05) is 31.0 Å². The topological polar surface area (TPSA) is 73.8 Å². The summed E-state index contributed by atoms with van der Waals surface area (Å²) in [4.78, 5) is 4.91. The van der Waals surface area contributed by atoms with Crippen molar-refractivity contribution in [1.82, 2.24) is 14.9 Å². The van der Waals surface area contributed by atoms with Gasteiger partial charge in [-0.05, 0) is 31.4 Å². The predicted molar refractivity (Wildman–Crippen MR) is 113 cm³/mol. The van der Waals surface area contributed by atoms with Crippen molar-refractivity contribution in [2.45, 2.75) is 50.1 Å². The van der Waals surface area contributed by atoms with Crippen LogP contribution < -0.4 is 10.6 Å². The lowest BCUT2D eigenvalue weighted by Crippen LogP contribution is -2.42. The quantitative estimate of drug-likeness (QED) is 0.373. The number of guanidine groups is 1. The Hall–Kier alpha value is -0.870. The van der Waals surface area contributed by atoms with Gasteiger partial charge >= 0.3 is 0 Å². The Labute approximate surface area is 168 Å². The highest BCUT2D eigenvalue weighted by Crippen LogP contribution is 2.20. The molecule has 0 radical (unpaired) electrons. The molecule has 0 heterocycles. The molecule has 0 spiro atoms. The van der Waals surface area contributed by atoms with Crippen LogP contribution >= 0.6 is 24.0 Å². The van der Waals surface area contributed by atoms with Gasteiger partial charge in [-0.3, -0.25) is 0 Å². The Balaban J connectivity index is 0.00000312. The molecule has 1 fully saturated rings. The van der Waals surface area contributed by atoms with Crippen LogP contribution in [0.15, 0.2) is 34.2 Å². The van der Waals surface area contributed by atoms with Gasteiger partial charge in [0.05, 0.1) is 11.4 Å². The maximum Gasteiger partial charge on any atom is 0.242 e. The summed E-state index contributed by atoms with van der Waals surface area (Å²) in [5.74, 6) is 0.751. The van der Waals surface area contributed by atoms with Gasteiger partial charge in [-0.15, -0.1) is 24.0 Å². The SMILES string of the molecule is CCNC(=NCc1ccccc1S(=O)(=O)N(C)C)NC1CCCC1.I. The molecule has 0 saturated heterocycles. The van der Waals surface area contributed by atoms with Crippen LogP contribution in [0.4, 0.5) is 0 Å². The average Bonchev–Trinajstić information content (AvgIpc) is 3.06. The van der Waals surface area contributed by atoms with Crippen LogP contribution in [-0.4, -0.2) is 45.4 Å². The molecule has 0 aromatic heterocycles.